The number of carboxylic acid groups (broad SMARTS) is 1. The van der Waals surface area contributed by atoms with Crippen LogP contribution in [0, 0.1) is 16.0 Å². The van der Waals surface area contributed by atoms with Gasteiger partial charge in [0, 0.05) is 13.1 Å². The summed E-state index contributed by atoms with van der Waals surface area (Å²) in [4.78, 5) is 21.8. The van der Waals surface area contributed by atoms with Gasteiger partial charge in [-0.15, -0.1) is 5.10 Å². The van der Waals surface area contributed by atoms with Gasteiger partial charge in [-0.25, -0.2) is 0 Å². The Kier molecular flexibility index (Phi) is 4.21. The summed E-state index contributed by atoms with van der Waals surface area (Å²) in [5.74, 6) is -1.24. The first-order valence-electron chi connectivity index (χ1n) is 6.66. The Balaban J connectivity index is 2.21. The van der Waals surface area contributed by atoms with Crippen molar-refractivity contribution in [1.82, 2.24) is 9.78 Å². The molecule has 1 aromatic heterocycles. The molecule has 2 unspecified atom stereocenters. The Bertz CT molecular complexity index is 514. The fourth-order valence-electron chi connectivity index (χ4n) is 2.66. The summed E-state index contributed by atoms with van der Waals surface area (Å²) < 4.78 is 1.35. The van der Waals surface area contributed by atoms with Crippen molar-refractivity contribution in [2.45, 2.75) is 38.1 Å². The van der Waals surface area contributed by atoms with Crippen LogP contribution in [0.1, 0.15) is 32.1 Å². The first kappa shape index (κ1) is 14.3. The van der Waals surface area contributed by atoms with Crippen molar-refractivity contribution in [3.8, 4) is 0 Å². The predicted octanol–water partition coefficient (Wildman–Crippen LogP) is 1.77. The highest BCUT2D eigenvalue weighted by Gasteiger charge is 2.32. The predicted molar refractivity (Wildman–Crippen MR) is 71.5 cm³/mol. The summed E-state index contributed by atoms with van der Waals surface area (Å²) in [6.45, 7) is 0. The maximum absolute atomic E-state index is 11.3. The fourth-order valence-corrected chi connectivity index (χ4v) is 2.66. The van der Waals surface area contributed by atoms with E-state index in [0.717, 1.165) is 19.3 Å². The number of hydrogen-bond donors (Lipinski definition) is 2. The summed E-state index contributed by atoms with van der Waals surface area (Å²) in [7, 11) is 1.60. The summed E-state index contributed by atoms with van der Waals surface area (Å²) >= 11 is 0. The zero-order valence-electron chi connectivity index (χ0n) is 11.3. The molecule has 0 aliphatic heterocycles. The maximum atomic E-state index is 11.3. The molecule has 0 amide bonds. The van der Waals surface area contributed by atoms with E-state index >= 15 is 0 Å². The van der Waals surface area contributed by atoms with Crippen LogP contribution < -0.4 is 5.32 Å². The van der Waals surface area contributed by atoms with Gasteiger partial charge in [0.15, 0.2) is 0 Å². The molecular weight excluding hydrogens is 264 g/mol. The lowest BCUT2D eigenvalue weighted by Gasteiger charge is -2.22. The average molecular weight is 282 g/mol. The molecule has 1 aliphatic carbocycles. The first-order valence-corrected chi connectivity index (χ1v) is 6.66. The standard InChI is InChI=1S/C12H18N4O4/c1-15-7-10(16(19)20)11(14-15)13-9-6-4-2-3-5-8(9)12(17)18/h7-9H,2-6H2,1H3,(H,13,14)(H,17,18). The zero-order valence-corrected chi connectivity index (χ0v) is 11.3. The van der Waals surface area contributed by atoms with E-state index in [-0.39, 0.29) is 17.5 Å². The number of nitrogens with one attached hydrogen (secondary N) is 1. The lowest BCUT2D eigenvalue weighted by molar-refractivity contribution is -0.384. The minimum atomic E-state index is -0.858. The van der Waals surface area contributed by atoms with Crippen molar-refractivity contribution in [3.05, 3.63) is 16.3 Å². The van der Waals surface area contributed by atoms with Gasteiger partial charge in [0.1, 0.15) is 6.20 Å². The third-order valence-electron chi connectivity index (χ3n) is 3.66. The van der Waals surface area contributed by atoms with Gasteiger partial charge in [0.05, 0.1) is 10.8 Å². The van der Waals surface area contributed by atoms with Crippen LogP contribution in [0.15, 0.2) is 6.20 Å². The van der Waals surface area contributed by atoms with Gasteiger partial charge in [0.2, 0.25) is 5.82 Å². The largest absolute Gasteiger partial charge is 0.481 e. The summed E-state index contributed by atoms with van der Waals surface area (Å²) in [5, 5.41) is 27.2. The molecule has 110 valence electrons. The fraction of sp³-hybridized carbons (Fsp3) is 0.667. The third kappa shape index (κ3) is 3.06. The van der Waals surface area contributed by atoms with Crippen molar-refractivity contribution >= 4 is 17.5 Å². The van der Waals surface area contributed by atoms with Gasteiger partial charge in [0.25, 0.3) is 0 Å². The normalized spacial score (nSPS) is 23.1. The molecule has 1 fully saturated rings. The van der Waals surface area contributed by atoms with Gasteiger partial charge < -0.3 is 10.4 Å². The summed E-state index contributed by atoms with van der Waals surface area (Å²) in [5.41, 5.74) is -0.124. The number of anilines is 1. The molecule has 8 heteroatoms. The molecule has 2 N–H and O–H groups in total. The molecule has 0 radical (unpaired) electrons. The number of hydrogen-bond acceptors (Lipinski definition) is 5. The number of carboxylic acids is 1. The number of aliphatic carboxylic acids is 1. The van der Waals surface area contributed by atoms with Crippen molar-refractivity contribution in [2.24, 2.45) is 13.0 Å². The topological polar surface area (TPSA) is 110 Å². The minimum Gasteiger partial charge on any atom is -0.481 e. The maximum Gasteiger partial charge on any atom is 0.330 e. The van der Waals surface area contributed by atoms with Crippen molar-refractivity contribution in [2.75, 3.05) is 5.32 Å². The van der Waals surface area contributed by atoms with Gasteiger partial charge >= 0.3 is 11.7 Å². The van der Waals surface area contributed by atoms with Gasteiger partial charge in [-0.2, -0.15) is 0 Å². The van der Waals surface area contributed by atoms with E-state index in [9.17, 15) is 20.0 Å². The molecular formula is C12H18N4O4. The minimum absolute atomic E-state index is 0.124. The van der Waals surface area contributed by atoms with E-state index in [1.807, 2.05) is 0 Å². The number of aromatic nitrogens is 2. The molecule has 0 spiro atoms. The molecule has 2 atom stereocenters. The number of rotatable bonds is 4. The molecule has 20 heavy (non-hydrogen) atoms. The van der Waals surface area contributed by atoms with Gasteiger partial charge in [-0.1, -0.05) is 19.3 Å². The van der Waals surface area contributed by atoms with Crippen molar-refractivity contribution in [1.29, 1.82) is 0 Å². The van der Waals surface area contributed by atoms with E-state index in [4.69, 9.17) is 0 Å². The van der Waals surface area contributed by atoms with E-state index in [0.29, 0.717) is 12.8 Å². The summed E-state index contributed by atoms with van der Waals surface area (Å²) in [6, 6.07) is -0.316. The van der Waals surface area contributed by atoms with Crippen LogP contribution in [0.25, 0.3) is 0 Å². The number of nitro groups is 1. The van der Waals surface area contributed by atoms with Crippen LogP contribution in [0.5, 0.6) is 0 Å². The Hall–Kier alpha value is -2.12. The van der Waals surface area contributed by atoms with E-state index in [1.165, 1.54) is 10.9 Å². The molecule has 1 aromatic rings. The van der Waals surface area contributed by atoms with Crippen LogP contribution in [0.4, 0.5) is 11.5 Å². The lowest BCUT2D eigenvalue weighted by atomic mass is 9.95. The van der Waals surface area contributed by atoms with E-state index in [2.05, 4.69) is 10.4 Å². The van der Waals surface area contributed by atoms with Crippen LogP contribution in [0.2, 0.25) is 0 Å². The number of aryl methyl sites for hydroxylation is 1. The molecule has 1 heterocycles. The SMILES string of the molecule is Cn1cc([N+](=O)[O-])c(NC2CCCCCC2C(=O)O)n1. The molecule has 0 saturated heterocycles. The highest BCUT2D eigenvalue weighted by molar-refractivity contribution is 5.72. The molecule has 0 bridgehead atoms. The van der Waals surface area contributed by atoms with Crippen LogP contribution in [-0.4, -0.2) is 31.8 Å². The molecule has 2 rings (SSSR count). The number of carbonyl (C=O) groups is 1. The van der Waals surface area contributed by atoms with Crippen LogP contribution in [-0.2, 0) is 11.8 Å². The Morgan fingerprint density at radius 3 is 2.85 bits per heavy atom. The van der Waals surface area contributed by atoms with Crippen molar-refractivity contribution < 1.29 is 14.8 Å². The quantitative estimate of drug-likeness (QED) is 0.494. The zero-order chi connectivity index (χ0) is 14.7. The van der Waals surface area contributed by atoms with Crippen molar-refractivity contribution in [3.63, 3.8) is 0 Å². The highest BCUT2D eigenvalue weighted by Crippen LogP contribution is 2.29. The van der Waals surface area contributed by atoms with Gasteiger partial charge in [-0.05, 0) is 12.8 Å². The molecule has 0 aromatic carbocycles. The smallest absolute Gasteiger partial charge is 0.330 e. The van der Waals surface area contributed by atoms with E-state index in [1.54, 1.807) is 7.05 Å². The number of nitrogens with zero attached hydrogens (tertiary/aromatic N) is 3. The van der Waals surface area contributed by atoms with E-state index < -0.39 is 16.8 Å². The highest BCUT2D eigenvalue weighted by atomic mass is 16.6. The Morgan fingerprint density at radius 1 is 1.50 bits per heavy atom. The molecule has 1 saturated carbocycles. The first-order chi connectivity index (χ1) is 9.49. The summed E-state index contributed by atoms with van der Waals surface area (Å²) in [6.07, 6.45) is 5.38. The Labute approximate surface area is 115 Å². The Morgan fingerprint density at radius 2 is 2.20 bits per heavy atom. The van der Waals surface area contributed by atoms with Crippen LogP contribution in [0.3, 0.4) is 0 Å². The molecule has 1 aliphatic rings. The second kappa shape index (κ2) is 5.89. The second-order valence-electron chi connectivity index (χ2n) is 5.13. The average Bonchev–Trinajstić information content (AvgIpc) is 2.59. The second-order valence-corrected chi connectivity index (χ2v) is 5.13. The van der Waals surface area contributed by atoms with Crippen LogP contribution >= 0.6 is 0 Å². The van der Waals surface area contributed by atoms with Gasteiger partial charge in [-0.3, -0.25) is 19.6 Å². The monoisotopic (exact) mass is 282 g/mol. The third-order valence-corrected chi connectivity index (χ3v) is 3.66. The lowest BCUT2D eigenvalue weighted by Crippen LogP contribution is -2.34. The molecule has 8 nitrogen and oxygen atoms in total.